The van der Waals surface area contributed by atoms with Gasteiger partial charge in [-0.3, -0.25) is 0 Å². The highest BCUT2D eigenvalue weighted by atomic mass is 35.5. The first kappa shape index (κ1) is 14.5. The zero-order valence-corrected chi connectivity index (χ0v) is 12.4. The number of rotatable bonds is 5. The van der Waals surface area contributed by atoms with Crippen molar-refractivity contribution in [2.24, 2.45) is 0 Å². The van der Waals surface area contributed by atoms with Gasteiger partial charge in [0.15, 0.2) is 0 Å². The molecule has 0 unspecified atom stereocenters. The van der Waals surface area contributed by atoms with Gasteiger partial charge in [-0.15, -0.1) is 0 Å². The minimum absolute atomic E-state index is 0.107. The predicted octanol–water partition coefficient (Wildman–Crippen LogP) is 4.32. The molecule has 0 aromatic heterocycles. The normalized spacial score (nSPS) is 10.6. The smallest absolute Gasteiger partial charge is 0.138 e. The number of nitrogen functional groups attached to an aromatic ring is 1. The van der Waals surface area contributed by atoms with E-state index in [2.05, 4.69) is 5.32 Å². The van der Waals surface area contributed by atoms with Crippen LogP contribution in [-0.2, 0) is 6.54 Å². The van der Waals surface area contributed by atoms with E-state index in [9.17, 15) is 0 Å². The molecule has 0 spiro atoms. The zero-order chi connectivity index (χ0) is 14.5. The van der Waals surface area contributed by atoms with E-state index in [1.807, 2.05) is 56.3 Å². The monoisotopic (exact) mass is 290 g/mol. The van der Waals surface area contributed by atoms with E-state index >= 15 is 0 Å². The molecular weight excluding hydrogens is 272 g/mol. The molecule has 0 radical (unpaired) electrons. The Hall–Kier alpha value is -1.87. The third-order valence-corrected chi connectivity index (χ3v) is 3.13. The lowest BCUT2D eigenvalue weighted by atomic mass is 10.2. The van der Waals surface area contributed by atoms with Crippen LogP contribution in [0.25, 0.3) is 0 Å². The average molecular weight is 291 g/mol. The molecule has 0 saturated heterocycles. The van der Waals surface area contributed by atoms with Gasteiger partial charge in [-0.25, -0.2) is 0 Å². The van der Waals surface area contributed by atoms with Crippen molar-refractivity contribution in [3.63, 3.8) is 0 Å². The lowest BCUT2D eigenvalue weighted by Gasteiger charge is -2.13. The van der Waals surface area contributed by atoms with Crippen molar-refractivity contribution in [2.75, 3.05) is 11.1 Å². The second-order valence-corrected chi connectivity index (χ2v) is 5.27. The maximum absolute atomic E-state index is 6.20. The van der Waals surface area contributed by atoms with Crippen molar-refractivity contribution in [2.45, 2.75) is 26.5 Å². The number of benzene rings is 2. The minimum Gasteiger partial charge on any atom is -0.489 e. The summed E-state index contributed by atoms with van der Waals surface area (Å²) in [6, 6.07) is 13.5. The Morgan fingerprint density at radius 3 is 2.60 bits per heavy atom. The van der Waals surface area contributed by atoms with Crippen LogP contribution in [0.4, 0.5) is 11.4 Å². The Kier molecular flexibility index (Phi) is 4.74. The van der Waals surface area contributed by atoms with Crippen LogP contribution >= 0.6 is 11.6 Å². The fourth-order valence-electron chi connectivity index (χ4n) is 1.85. The van der Waals surface area contributed by atoms with E-state index in [0.29, 0.717) is 17.3 Å². The second-order valence-electron chi connectivity index (χ2n) is 4.86. The number of nitrogens with one attached hydrogen (secondary N) is 1. The lowest BCUT2D eigenvalue weighted by molar-refractivity contribution is 0.242. The molecule has 3 N–H and O–H groups in total. The van der Waals surface area contributed by atoms with Gasteiger partial charge in [0, 0.05) is 17.9 Å². The van der Waals surface area contributed by atoms with Gasteiger partial charge in [-0.05, 0) is 43.7 Å². The van der Waals surface area contributed by atoms with E-state index in [-0.39, 0.29) is 6.10 Å². The number of hydrogen-bond donors (Lipinski definition) is 2. The van der Waals surface area contributed by atoms with Crippen molar-refractivity contribution >= 4 is 23.0 Å². The van der Waals surface area contributed by atoms with E-state index in [1.54, 1.807) is 0 Å². The minimum atomic E-state index is 0.107. The largest absolute Gasteiger partial charge is 0.489 e. The molecule has 0 aliphatic heterocycles. The van der Waals surface area contributed by atoms with Gasteiger partial charge in [0.1, 0.15) is 5.75 Å². The van der Waals surface area contributed by atoms with Crippen LogP contribution in [0.2, 0.25) is 5.02 Å². The van der Waals surface area contributed by atoms with Crippen LogP contribution in [0.15, 0.2) is 42.5 Å². The van der Waals surface area contributed by atoms with Crippen molar-refractivity contribution in [1.82, 2.24) is 0 Å². The molecule has 2 aromatic carbocycles. The number of halogens is 1. The first-order valence-electron chi connectivity index (χ1n) is 6.59. The summed E-state index contributed by atoms with van der Waals surface area (Å²) < 4.78 is 5.60. The summed E-state index contributed by atoms with van der Waals surface area (Å²) in [6.07, 6.45) is 0.107. The molecule has 0 bridgehead atoms. The standard InChI is InChI=1S/C16H19ClN2O/c1-11(2)20-16-8-7-13(9-14(16)17)19-10-12-5-3-4-6-15(12)18/h3-9,11,19H,10,18H2,1-2H3. The van der Waals surface area contributed by atoms with Crippen LogP contribution < -0.4 is 15.8 Å². The molecule has 2 rings (SSSR count). The maximum atomic E-state index is 6.20. The van der Waals surface area contributed by atoms with Crippen molar-refractivity contribution in [1.29, 1.82) is 0 Å². The third-order valence-electron chi connectivity index (χ3n) is 2.83. The molecule has 0 heterocycles. The maximum Gasteiger partial charge on any atom is 0.138 e. The number of anilines is 2. The number of hydrogen-bond acceptors (Lipinski definition) is 3. The summed E-state index contributed by atoms with van der Waals surface area (Å²) in [4.78, 5) is 0. The first-order valence-corrected chi connectivity index (χ1v) is 6.97. The average Bonchev–Trinajstić information content (AvgIpc) is 2.40. The Balaban J connectivity index is 2.04. The van der Waals surface area contributed by atoms with Crippen LogP contribution in [-0.4, -0.2) is 6.10 Å². The molecule has 0 aliphatic rings. The van der Waals surface area contributed by atoms with Crippen molar-refractivity contribution in [3.05, 3.63) is 53.1 Å². The summed E-state index contributed by atoms with van der Waals surface area (Å²) in [5.74, 6) is 0.700. The summed E-state index contributed by atoms with van der Waals surface area (Å²) in [5.41, 5.74) is 8.69. The van der Waals surface area contributed by atoms with Gasteiger partial charge in [-0.2, -0.15) is 0 Å². The summed E-state index contributed by atoms with van der Waals surface area (Å²) in [5, 5.41) is 3.90. The van der Waals surface area contributed by atoms with Crippen molar-refractivity contribution in [3.8, 4) is 5.75 Å². The van der Waals surface area contributed by atoms with Gasteiger partial charge >= 0.3 is 0 Å². The number of para-hydroxylation sites is 1. The fourth-order valence-corrected chi connectivity index (χ4v) is 2.08. The molecular formula is C16H19ClN2O. The summed E-state index contributed by atoms with van der Waals surface area (Å²) in [7, 11) is 0. The van der Waals surface area contributed by atoms with Gasteiger partial charge in [-0.1, -0.05) is 29.8 Å². The van der Waals surface area contributed by atoms with Crippen LogP contribution in [0.1, 0.15) is 19.4 Å². The number of ether oxygens (including phenoxy) is 1. The number of nitrogens with two attached hydrogens (primary N) is 1. The molecule has 0 saturated carbocycles. The van der Waals surface area contributed by atoms with E-state index < -0.39 is 0 Å². The van der Waals surface area contributed by atoms with Crippen LogP contribution in [0.5, 0.6) is 5.75 Å². The third kappa shape index (κ3) is 3.81. The molecule has 3 nitrogen and oxygen atoms in total. The second kappa shape index (κ2) is 6.53. The van der Waals surface area contributed by atoms with Crippen LogP contribution in [0, 0.1) is 0 Å². The van der Waals surface area contributed by atoms with E-state index in [1.165, 1.54) is 0 Å². The van der Waals surface area contributed by atoms with Gasteiger partial charge < -0.3 is 15.8 Å². The Bertz CT molecular complexity index is 584. The van der Waals surface area contributed by atoms with E-state index in [0.717, 1.165) is 16.9 Å². The van der Waals surface area contributed by atoms with Gasteiger partial charge in [0.05, 0.1) is 11.1 Å². The molecule has 106 valence electrons. The topological polar surface area (TPSA) is 47.3 Å². The lowest BCUT2D eigenvalue weighted by Crippen LogP contribution is -2.06. The summed E-state index contributed by atoms with van der Waals surface area (Å²) >= 11 is 6.20. The zero-order valence-electron chi connectivity index (χ0n) is 11.7. The molecule has 2 aromatic rings. The fraction of sp³-hybridized carbons (Fsp3) is 0.250. The predicted molar refractivity (Wildman–Crippen MR) is 85.4 cm³/mol. The SMILES string of the molecule is CC(C)Oc1ccc(NCc2ccccc2N)cc1Cl. The highest BCUT2D eigenvalue weighted by Gasteiger charge is 2.05. The highest BCUT2D eigenvalue weighted by Crippen LogP contribution is 2.28. The highest BCUT2D eigenvalue weighted by molar-refractivity contribution is 6.32. The molecule has 0 aliphatic carbocycles. The first-order chi connectivity index (χ1) is 9.56. The van der Waals surface area contributed by atoms with E-state index in [4.69, 9.17) is 22.1 Å². The molecule has 0 atom stereocenters. The Labute approximate surface area is 124 Å². The quantitative estimate of drug-likeness (QED) is 0.806. The van der Waals surface area contributed by atoms with Gasteiger partial charge in [0.25, 0.3) is 0 Å². The molecule has 0 amide bonds. The van der Waals surface area contributed by atoms with Crippen LogP contribution in [0.3, 0.4) is 0 Å². The molecule has 20 heavy (non-hydrogen) atoms. The Morgan fingerprint density at radius 2 is 1.95 bits per heavy atom. The summed E-state index contributed by atoms with van der Waals surface area (Å²) in [6.45, 7) is 4.61. The molecule has 4 heteroatoms. The van der Waals surface area contributed by atoms with Crippen molar-refractivity contribution < 1.29 is 4.74 Å². The molecule has 0 fully saturated rings. The Morgan fingerprint density at radius 1 is 1.20 bits per heavy atom. The van der Waals surface area contributed by atoms with Gasteiger partial charge in [0.2, 0.25) is 0 Å².